The summed E-state index contributed by atoms with van der Waals surface area (Å²) in [4.78, 5) is 2.55. The first-order valence-corrected chi connectivity index (χ1v) is 8.58. The Bertz CT molecular complexity index is 408. The third-order valence-electron chi connectivity index (χ3n) is 4.58. The maximum atomic E-state index is 3.78. The molecular weight excluding hydrogens is 256 g/mol. The number of hydrogen-bond acceptors (Lipinski definition) is 2. The Balaban J connectivity index is 3.14. The van der Waals surface area contributed by atoms with E-state index in [1.165, 1.54) is 11.1 Å². The van der Waals surface area contributed by atoms with Crippen molar-refractivity contribution >= 4 is 0 Å². The Morgan fingerprint density at radius 2 is 1.76 bits per heavy atom. The van der Waals surface area contributed by atoms with E-state index >= 15 is 0 Å². The van der Waals surface area contributed by atoms with E-state index in [1.807, 2.05) is 0 Å². The van der Waals surface area contributed by atoms with Crippen LogP contribution >= 0.6 is 0 Å². The normalized spacial score (nSPS) is 13.7. The molecule has 0 radical (unpaired) electrons. The number of likely N-dealkylation sites (N-methyl/N-ethyl adjacent to an activating group) is 1. The third kappa shape index (κ3) is 4.55. The quantitative estimate of drug-likeness (QED) is 0.724. The van der Waals surface area contributed by atoms with Gasteiger partial charge in [0.05, 0.1) is 6.04 Å². The van der Waals surface area contributed by atoms with Crippen LogP contribution in [0.4, 0.5) is 0 Å². The van der Waals surface area contributed by atoms with Gasteiger partial charge in [-0.2, -0.15) is 0 Å². The molecule has 120 valence electrons. The molecule has 1 rings (SSSR count). The van der Waals surface area contributed by atoms with Crippen molar-refractivity contribution in [2.45, 2.75) is 66.0 Å². The molecule has 0 heterocycles. The van der Waals surface area contributed by atoms with Crippen LogP contribution in [0, 0.1) is 0 Å². The number of aryl methyl sites for hydroxylation is 1. The average molecular weight is 290 g/mol. The lowest BCUT2D eigenvalue weighted by atomic mass is 9.85. The molecule has 0 saturated heterocycles. The van der Waals surface area contributed by atoms with Crippen LogP contribution in [0.25, 0.3) is 0 Å². The van der Waals surface area contributed by atoms with Gasteiger partial charge in [-0.25, -0.2) is 0 Å². The molecule has 0 aromatic heterocycles. The first-order chi connectivity index (χ1) is 10.0. The van der Waals surface area contributed by atoms with Crippen LogP contribution in [0.1, 0.15) is 65.1 Å². The molecule has 0 saturated carbocycles. The molecule has 0 amide bonds. The van der Waals surface area contributed by atoms with Crippen LogP contribution in [0.5, 0.6) is 0 Å². The van der Waals surface area contributed by atoms with E-state index in [4.69, 9.17) is 0 Å². The molecule has 1 unspecified atom stereocenters. The fourth-order valence-electron chi connectivity index (χ4n) is 3.28. The number of nitrogens with one attached hydrogen (secondary N) is 1. The van der Waals surface area contributed by atoms with Gasteiger partial charge in [-0.05, 0) is 57.5 Å². The minimum Gasteiger partial charge on any atom is -0.308 e. The smallest absolute Gasteiger partial charge is 0.0501 e. The van der Waals surface area contributed by atoms with Crippen molar-refractivity contribution in [3.05, 3.63) is 35.4 Å². The molecule has 0 aliphatic rings. The van der Waals surface area contributed by atoms with Crippen LogP contribution in [-0.2, 0) is 6.42 Å². The maximum absolute atomic E-state index is 3.78. The van der Waals surface area contributed by atoms with Gasteiger partial charge in [-0.1, -0.05) is 52.0 Å². The summed E-state index contributed by atoms with van der Waals surface area (Å²) in [7, 11) is 0. The molecule has 1 atom stereocenters. The Morgan fingerprint density at radius 1 is 1.10 bits per heavy atom. The van der Waals surface area contributed by atoms with Gasteiger partial charge in [0.1, 0.15) is 0 Å². The first-order valence-electron chi connectivity index (χ1n) is 8.58. The van der Waals surface area contributed by atoms with Gasteiger partial charge in [0, 0.05) is 5.54 Å². The standard InChI is InChI=1S/C19H34N2/c1-7-14-20-18(19(5,6)21(9-3)10-4)17-13-11-12-16(8-2)15-17/h11-13,15,18,20H,7-10,14H2,1-6H3. The topological polar surface area (TPSA) is 15.3 Å². The molecule has 1 N–H and O–H groups in total. The Labute approximate surface area is 131 Å². The lowest BCUT2D eigenvalue weighted by molar-refractivity contribution is 0.0911. The van der Waals surface area contributed by atoms with Gasteiger partial charge in [0.2, 0.25) is 0 Å². The lowest BCUT2D eigenvalue weighted by Crippen LogP contribution is -2.52. The van der Waals surface area contributed by atoms with Crippen LogP contribution in [-0.4, -0.2) is 30.1 Å². The van der Waals surface area contributed by atoms with E-state index in [1.54, 1.807) is 0 Å². The second-order valence-corrected chi connectivity index (χ2v) is 6.31. The van der Waals surface area contributed by atoms with Gasteiger partial charge in [-0.3, -0.25) is 4.90 Å². The highest BCUT2D eigenvalue weighted by Gasteiger charge is 2.34. The fraction of sp³-hybridized carbons (Fsp3) is 0.684. The van der Waals surface area contributed by atoms with E-state index in [9.17, 15) is 0 Å². The van der Waals surface area contributed by atoms with Gasteiger partial charge in [0.25, 0.3) is 0 Å². The average Bonchev–Trinajstić information content (AvgIpc) is 2.48. The number of benzene rings is 1. The summed E-state index contributed by atoms with van der Waals surface area (Å²) in [5, 5.41) is 3.78. The molecule has 2 heteroatoms. The summed E-state index contributed by atoms with van der Waals surface area (Å²) in [6, 6.07) is 9.44. The zero-order valence-electron chi connectivity index (χ0n) is 14.9. The molecule has 0 spiro atoms. The summed E-state index contributed by atoms with van der Waals surface area (Å²) in [5.41, 5.74) is 2.94. The third-order valence-corrected chi connectivity index (χ3v) is 4.58. The SMILES string of the molecule is CCCNC(c1cccc(CC)c1)C(C)(C)N(CC)CC. The zero-order chi connectivity index (χ0) is 15.9. The summed E-state index contributed by atoms with van der Waals surface area (Å²) >= 11 is 0. The predicted octanol–water partition coefficient (Wildman–Crippen LogP) is 4.41. The second kappa shape index (κ2) is 8.55. The van der Waals surface area contributed by atoms with Crippen molar-refractivity contribution in [3.8, 4) is 0 Å². The predicted molar refractivity (Wildman–Crippen MR) is 93.9 cm³/mol. The Hall–Kier alpha value is -0.860. The van der Waals surface area contributed by atoms with Crippen molar-refractivity contribution in [3.63, 3.8) is 0 Å². The van der Waals surface area contributed by atoms with Gasteiger partial charge in [0.15, 0.2) is 0 Å². The van der Waals surface area contributed by atoms with Crippen molar-refractivity contribution < 1.29 is 0 Å². The van der Waals surface area contributed by atoms with E-state index in [-0.39, 0.29) is 5.54 Å². The number of rotatable bonds is 9. The molecule has 0 aliphatic carbocycles. The van der Waals surface area contributed by atoms with Crippen LogP contribution in [0.2, 0.25) is 0 Å². The molecule has 0 bridgehead atoms. The largest absolute Gasteiger partial charge is 0.308 e. The summed E-state index contributed by atoms with van der Waals surface area (Å²) in [6.45, 7) is 16.9. The van der Waals surface area contributed by atoms with Crippen molar-refractivity contribution in [1.29, 1.82) is 0 Å². The van der Waals surface area contributed by atoms with Gasteiger partial charge >= 0.3 is 0 Å². The maximum Gasteiger partial charge on any atom is 0.0501 e. The minimum atomic E-state index is 0.102. The highest BCUT2D eigenvalue weighted by Crippen LogP contribution is 2.31. The van der Waals surface area contributed by atoms with Gasteiger partial charge < -0.3 is 5.32 Å². The number of nitrogens with zero attached hydrogens (tertiary/aromatic N) is 1. The molecule has 0 fully saturated rings. The Kier molecular flexibility index (Phi) is 7.41. The van der Waals surface area contributed by atoms with Crippen LogP contribution < -0.4 is 5.32 Å². The summed E-state index contributed by atoms with van der Waals surface area (Å²) < 4.78 is 0. The second-order valence-electron chi connectivity index (χ2n) is 6.31. The van der Waals surface area contributed by atoms with Gasteiger partial charge in [-0.15, -0.1) is 0 Å². The monoisotopic (exact) mass is 290 g/mol. The fourth-order valence-corrected chi connectivity index (χ4v) is 3.28. The lowest BCUT2D eigenvalue weighted by Gasteiger charge is -2.44. The first kappa shape index (κ1) is 18.2. The molecule has 21 heavy (non-hydrogen) atoms. The van der Waals surface area contributed by atoms with E-state index in [0.29, 0.717) is 6.04 Å². The van der Waals surface area contributed by atoms with Crippen molar-refractivity contribution in [1.82, 2.24) is 10.2 Å². The highest BCUT2D eigenvalue weighted by molar-refractivity contribution is 5.28. The molecule has 1 aromatic rings. The zero-order valence-corrected chi connectivity index (χ0v) is 14.9. The minimum absolute atomic E-state index is 0.102. The molecule has 1 aromatic carbocycles. The summed E-state index contributed by atoms with van der Waals surface area (Å²) in [6.07, 6.45) is 2.26. The highest BCUT2D eigenvalue weighted by atomic mass is 15.2. The Morgan fingerprint density at radius 3 is 2.29 bits per heavy atom. The van der Waals surface area contributed by atoms with Crippen molar-refractivity contribution in [2.24, 2.45) is 0 Å². The van der Waals surface area contributed by atoms with E-state index in [2.05, 4.69) is 76.0 Å². The summed E-state index contributed by atoms with van der Waals surface area (Å²) in [5.74, 6) is 0. The van der Waals surface area contributed by atoms with E-state index in [0.717, 1.165) is 32.5 Å². The molecule has 0 aliphatic heterocycles. The van der Waals surface area contributed by atoms with E-state index < -0.39 is 0 Å². The van der Waals surface area contributed by atoms with Crippen molar-refractivity contribution in [2.75, 3.05) is 19.6 Å². The van der Waals surface area contributed by atoms with Crippen LogP contribution in [0.3, 0.4) is 0 Å². The molecular formula is C19H34N2. The number of hydrogen-bond donors (Lipinski definition) is 1. The molecule has 2 nitrogen and oxygen atoms in total. The van der Waals surface area contributed by atoms with Crippen LogP contribution in [0.15, 0.2) is 24.3 Å².